The van der Waals surface area contributed by atoms with Crippen molar-refractivity contribution in [3.63, 3.8) is 0 Å². The maximum absolute atomic E-state index is 12.4. The fourth-order valence-corrected chi connectivity index (χ4v) is 3.77. The lowest BCUT2D eigenvalue weighted by Crippen LogP contribution is -2.69. The van der Waals surface area contributed by atoms with Crippen LogP contribution in [0.15, 0.2) is 57.4 Å². The number of carbonyl (C=O) groups is 1. The molecule has 0 saturated carbocycles. The van der Waals surface area contributed by atoms with Crippen molar-refractivity contribution in [2.45, 2.75) is 17.8 Å². The van der Waals surface area contributed by atoms with Crippen molar-refractivity contribution in [1.29, 1.82) is 0 Å². The van der Waals surface area contributed by atoms with Gasteiger partial charge in [0, 0.05) is 10.2 Å². The second-order valence-electron chi connectivity index (χ2n) is 5.94. The van der Waals surface area contributed by atoms with Crippen molar-refractivity contribution in [1.82, 2.24) is 0 Å². The molecule has 6 heteroatoms. The van der Waals surface area contributed by atoms with E-state index in [0.717, 1.165) is 4.47 Å². The first-order valence-electron chi connectivity index (χ1n) is 7.39. The molecule has 1 aromatic heterocycles. The molecule has 4 rings (SSSR count). The van der Waals surface area contributed by atoms with Gasteiger partial charge in [0.1, 0.15) is 16.5 Å². The second-order valence-corrected chi connectivity index (χ2v) is 7.29. The highest BCUT2D eigenvalue weighted by Gasteiger charge is 2.61. The first kappa shape index (κ1) is 15.5. The molecule has 1 aliphatic heterocycles. The van der Waals surface area contributed by atoms with Crippen LogP contribution >= 0.6 is 27.5 Å². The minimum Gasteiger partial charge on any atom is -0.504 e. The monoisotopic (exact) mass is 405 g/mol. The minimum atomic E-state index is -0.963. The maximum atomic E-state index is 12.4. The molecule has 0 radical (unpaired) electrons. The van der Waals surface area contributed by atoms with Gasteiger partial charge in [-0.2, -0.15) is 0 Å². The molecule has 1 aliphatic rings. The van der Waals surface area contributed by atoms with E-state index in [-0.39, 0.29) is 11.7 Å². The van der Waals surface area contributed by atoms with Crippen LogP contribution < -0.4 is 4.90 Å². The molecule has 2 unspecified atom stereocenters. The number of rotatable bonds is 2. The third-order valence-corrected chi connectivity index (χ3v) is 5.65. The predicted molar refractivity (Wildman–Crippen MR) is 96.5 cm³/mol. The molecular formula is C18H13BrClNO3. The van der Waals surface area contributed by atoms with Crippen LogP contribution in [0.1, 0.15) is 12.7 Å². The standard InChI is InChI=1S/C18H13BrClNO3/c1-18(16-14(22)12-4-2-3-5-13(12)24-16)15(20)17(23)21(18)11-8-6-10(19)7-9-11/h2-9,15,22H,1H3. The number of β-lactam (4-membered cyclic amide) rings is 1. The molecule has 4 nitrogen and oxygen atoms in total. The molecule has 1 N–H and O–H groups in total. The van der Waals surface area contributed by atoms with Crippen molar-refractivity contribution in [2.75, 3.05) is 4.90 Å². The number of halogens is 2. The number of aromatic hydroxyl groups is 1. The SMILES string of the molecule is CC1(c2oc3ccccc3c2O)C(Cl)C(=O)N1c1ccc(Br)cc1. The lowest BCUT2D eigenvalue weighted by molar-refractivity contribution is -0.127. The third kappa shape index (κ3) is 1.95. The van der Waals surface area contributed by atoms with Crippen molar-refractivity contribution < 1.29 is 14.3 Å². The van der Waals surface area contributed by atoms with Crippen molar-refractivity contribution in [3.05, 3.63) is 58.8 Å². The van der Waals surface area contributed by atoms with E-state index in [2.05, 4.69) is 15.9 Å². The zero-order chi connectivity index (χ0) is 17.1. The summed E-state index contributed by atoms with van der Waals surface area (Å²) >= 11 is 9.73. The first-order valence-corrected chi connectivity index (χ1v) is 8.62. The number of carbonyl (C=O) groups excluding carboxylic acids is 1. The number of anilines is 1. The van der Waals surface area contributed by atoms with Crippen LogP contribution in [-0.4, -0.2) is 16.4 Å². The molecule has 122 valence electrons. The Kier molecular flexibility index (Phi) is 3.41. The van der Waals surface area contributed by atoms with Gasteiger partial charge in [-0.3, -0.25) is 9.69 Å². The fourth-order valence-electron chi connectivity index (χ4n) is 3.21. The summed E-state index contributed by atoms with van der Waals surface area (Å²) in [5.74, 6) is 0.0981. The molecule has 1 saturated heterocycles. The van der Waals surface area contributed by atoms with E-state index in [4.69, 9.17) is 16.0 Å². The molecule has 2 atom stereocenters. The Morgan fingerprint density at radius 1 is 1.21 bits per heavy atom. The summed E-state index contributed by atoms with van der Waals surface area (Å²) < 4.78 is 6.77. The average molecular weight is 407 g/mol. The van der Waals surface area contributed by atoms with Gasteiger partial charge in [-0.05, 0) is 43.3 Å². The van der Waals surface area contributed by atoms with Crippen LogP contribution in [0.25, 0.3) is 11.0 Å². The lowest BCUT2D eigenvalue weighted by atomic mass is 9.81. The van der Waals surface area contributed by atoms with E-state index in [0.29, 0.717) is 22.4 Å². The quantitative estimate of drug-likeness (QED) is 0.493. The van der Waals surface area contributed by atoms with Crippen LogP contribution in [-0.2, 0) is 10.3 Å². The van der Waals surface area contributed by atoms with E-state index in [1.807, 2.05) is 36.4 Å². The van der Waals surface area contributed by atoms with Gasteiger partial charge in [0.2, 0.25) is 5.91 Å². The largest absolute Gasteiger partial charge is 0.504 e. The second kappa shape index (κ2) is 5.26. The molecule has 0 bridgehead atoms. The highest BCUT2D eigenvalue weighted by molar-refractivity contribution is 9.10. The summed E-state index contributed by atoms with van der Waals surface area (Å²) in [6, 6.07) is 14.5. The molecule has 2 aromatic carbocycles. The van der Waals surface area contributed by atoms with Gasteiger partial charge in [0.25, 0.3) is 0 Å². The van der Waals surface area contributed by atoms with E-state index >= 15 is 0 Å². The number of fused-ring (bicyclic) bond motifs is 1. The summed E-state index contributed by atoms with van der Waals surface area (Å²) in [7, 11) is 0. The normalized spacial score (nSPS) is 23.5. The van der Waals surface area contributed by atoms with Gasteiger partial charge in [-0.25, -0.2) is 0 Å². The maximum Gasteiger partial charge on any atom is 0.248 e. The van der Waals surface area contributed by atoms with Gasteiger partial charge >= 0.3 is 0 Å². The molecule has 0 spiro atoms. The molecule has 3 aromatic rings. The van der Waals surface area contributed by atoms with E-state index in [1.54, 1.807) is 24.0 Å². The molecule has 2 heterocycles. The van der Waals surface area contributed by atoms with Crippen LogP contribution in [0.4, 0.5) is 5.69 Å². The van der Waals surface area contributed by atoms with Gasteiger partial charge in [-0.1, -0.05) is 28.1 Å². The number of hydrogen-bond donors (Lipinski definition) is 1. The predicted octanol–water partition coefficient (Wildman–Crippen LogP) is 4.77. The van der Waals surface area contributed by atoms with E-state index < -0.39 is 10.9 Å². The van der Waals surface area contributed by atoms with Gasteiger partial charge < -0.3 is 9.52 Å². The number of furan rings is 1. The average Bonchev–Trinajstić information content (AvgIpc) is 2.94. The third-order valence-electron chi connectivity index (χ3n) is 4.51. The Morgan fingerprint density at radius 2 is 1.88 bits per heavy atom. The Hall–Kier alpha value is -1.98. The smallest absolute Gasteiger partial charge is 0.248 e. The summed E-state index contributed by atoms with van der Waals surface area (Å²) in [6.45, 7) is 1.80. The molecular weight excluding hydrogens is 394 g/mol. The Balaban J connectivity index is 1.88. The van der Waals surface area contributed by atoms with Crippen LogP contribution in [0.3, 0.4) is 0 Å². The zero-order valence-electron chi connectivity index (χ0n) is 12.7. The van der Waals surface area contributed by atoms with Crippen molar-refractivity contribution in [3.8, 4) is 5.75 Å². The minimum absolute atomic E-state index is 0.0216. The Labute approximate surface area is 151 Å². The highest BCUT2D eigenvalue weighted by Crippen LogP contribution is 2.52. The van der Waals surface area contributed by atoms with Gasteiger partial charge in [0.15, 0.2) is 11.5 Å². The van der Waals surface area contributed by atoms with E-state index in [1.165, 1.54) is 0 Å². The lowest BCUT2D eigenvalue weighted by Gasteiger charge is -2.51. The molecule has 1 amide bonds. The van der Waals surface area contributed by atoms with Crippen molar-refractivity contribution >= 4 is 50.1 Å². The number of benzene rings is 2. The summed E-state index contributed by atoms with van der Waals surface area (Å²) in [5.41, 5.74) is 0.294. The Morgan fingerprint density at radius 3 is 2.54 bits per heavy atom. The highest BCUT2D eigenvalue weighted by atomic mass is 79.9. The Bertz CT molecular complexity index is 953. The summed E-state index contributed by atoms with van der Waals surface area (Å²) in [4.78, 5) is 14.0. The number of hydrogen-bond acceptors (Lipinski definition) is 3. The van der Waals surface area contributed by atoms with Gasteiger partial charge in [0.05, 0.1) is 5.39 Å². The van der Waals surface area contributed by atoms with Crippen LogP contribution in [0.2, 0.25) is 0 Å². The fraction of sp³-hybridized carbons (Fsp3) is 0.167. The topological polar surface area (TPSA) is 53.7 Å². The molecule has 1 fully saturated rings. The number of amides is 1. The van der Waals surface area contributed by atoms with Crippen molar-refractivity contribution in [2.24, 2.45) is 0 Å². The van der Waals surface area contributed by atoms with Crippen LogP contribution in [0.5, 0.6) is 5.75 Å². The number of alkyl halides is 1. The molecule has 24 heavy (non-hydrogen) atoms. The number of para-hydroxylation sites is 1. The van der Waals surface area contributed by atoms with Gasteiger partial charge in [-0.15, -0.1) is 11.6 Å². The number of nitrogens with zero attached hydrogens (tertiary/aromatic N) is 1. The molecule has 0 aliphatic carbocycles. The summed E-state index contributed by atoms with van der Waals surface area (Å²) in [6.07, 6.45) is 0. The van der Waals surface area contributed by atoms with Crippen LogP contribution in [0, 0.1) is 0 Å². The summed E-state index contributed by atoms with van der Waals surface area (Å²) in [5, 5.41) is 10.4. The van der Waals surface area contributed by atoms with E-state index in [9.17, 15) is 9.90 Å². The first-order chi connectivity index (χ1) is 11.4. The zero-order valence-corrected chi connectivity index (χ0v) is 15.0.